The number of fused-ring (bicyclic) bond motifs is 1. The fourth-order valence-electron chi connectivity index (χ4n) is 2.87. The molecule has 0 radical (unpaired) electrons. The van der Waals surface area contributed by atoms with Crippen LogP contribution < -0.4 is 10.6 Å². The van der Waals surface area contributed by atoms with Gasteiger partial charge in [-0.2, -0.15) is 4.98 Å². The fraction of sp³-hybridized carbons (Fsp3) is 0.333. The van der Waals surface area contributed by atoms with Gasteiger partial charge in [-0.05, 0) is 38.8 Å². The third-order valence-corrected chi connectivity index (χ3v) is 3.55. The number of nitrogens with zero attached hydrogens (tertiary/aromatic N) is 3. The molecule has 4 nitrogen and oxygen atoms in total. The van der Waals surface area contributed by atoms with E-state index in [4.69, 9.17) is 5.73 Å². The van der Waals surface area contributed by atoms with Crippen LogP contribution in [0, 0.1) is 6.92 Å². The summed E-state index contributed by atoms with van der Waals surface area (Å²) in [6.07, 6.45) is 1.01. The smallest absolute Gasteiger partial charge is 0.222 e. The van der Waals surface area contributed by atoms with Crippen LogP contribution in [0.2, 0.25) is 0 Å². The molecule has 0 unspecified atom stereocenters. The Labute approximate surface area is 113 Å². The van der Waals surface area contributed by atoms with Gasteiger partial charge in [0.2, 0.25) is 5.95 Å². The summed E-state index contributed by atoms with van der Waals surface area (Å²) in [6, 6.07) is 10.4. The highest BCUT2D eigenvalue weighted by Gasteiger charge is 2.37. The first-order valence-electron chi connectivity index (χ1n) is 6.47. The number of anilines is 3. The Morgan fingerprint density at radius 3 is 2.68 bits per heavy atom. The van der Waals surface area contributed by atoms with E-state index in [0.29, 0.717) is 5.95 Å². The molecule has 1 aliphatic heterocycles. The average molecular weight is 254 g/mol. The van der Waals surface area contributed by atoms with Gasteiger partial charge >= 0.3 is 0 Å². The van der Waals surface area contributed by atoms with Gasteiger partial charge in [0.1, 0.15) is 5.82 Å². The number of hydrogen-bond donors (Lipinski definition) is 1. The zero-order chi connectivity index (χ0) is 13.6. The Morgan fingerprint density at radius 2 is 1.95 bits per heavy atom. The maximum Gasteiger partial charge on any atom is 0.222 e. The SMILES string of the molecule is Cc1cc(N2c3ccccc3CC2(C)C)nc(N)n1. The maximum atomic E-state index is 5.79. The molecule has 0 atom stereocenters. The molecule has 98 valence electrons. The molecule has 19 heavy (non-hydrogen) atoms. The van der Waals surface area contributed by atoms with Gasteiger partial charge in [-0.1, -0.05) is 18.2 Å². The molecule has 0 saturated heterocycles. The Balaban J connectivity index is 2.17. The van der Waals surface area contributed by atoms with Crippen molar-refractivity contribution in [3.05, 3.63) is 41.6 Å². The van der Waals surface area contributed by atoms with Gasteiger partial charge in [0.15, 0.2) is 0 Å². The lowest BCUT2D eigenvalue weighted by Gasteiger charge is -2.33. The van der Waals surface area contributed by atoms with Crippen molar-refractivity contribution in [3.8, 4) is 0 Å². The number of para-hydroxylation sites is 1. The minimum absolute atomic E-state index is 0.00306. The highest BCUT2D eigenvalue weighted by Crippen LogP contribution is 2.43. The van der Waals surface area contributed by atoms with Crippen molar-refractivity contribution >= 4 is 17.5 Å². The largest absolute Gasteiger partial charge is 0.368 e. The van der Waals surface area contributed by atoms with Crippen LogP contribution in [0.1, 0.15) is 25.1 Å². The van der Waals surface area contributed by atoms with Crippen LogP contribution in [0.15, 0.2) is 30.3 Å². The normalized spacial score (nSPS) is 16.5. The van der Waals surface area contributed by atoms with E-state index in [1.807, 2.05) is 13.0 Å². The first kappa shape index (κ1) is 12.0. The van der Waals surface area contributed by atoms with Gasteiger partial charge in [0, 0.05) is 23.0 Å². The lowest BCUT2D eigenvalue weighted by Crippen LogP contribution is -2.38. The van der Waals surface area contributed by atoms with Crippen molar-refractivity contribution in [3.63, 3.8) is 0 Å². The summed E-state index contributed by atoms with van der Waals surface area (Å²) in [5, 5.41) is 0. The summed E-state index contributed by atoms with van der Waals surface area (Å²) in [5.41, 5.74) is 9.24. The second-order valence-corrected chi connectivity index (χ2v) is 5.68. The number of aryl methyl sites for hydroxylation is 1. The molecular weight excluding hydrogens is 236 g/mol. The van der Waals surface area contributed by atoms with Gasteiger partial charge in [0.05, 0.1) is 0 Å². The van der Waals surface area contributed by atoms with Crippen molar-refractivity contribution in [1.82, 2.24) is 9.97 Å². The van der Waals surface area contributed by atoms with Gasteiger partial charge in [-0.15, -0.1) is 0 Å². The standard InChI is InChI=1S/C15H18N4/c1-10-8-13(18-14(16)17-10)19-12-7-5-4-6-11(12)9-15(19,2)3/h4-8H,9H2,1-3H3,(H2,16,17,18). The zero-order valence-corrected chi connectivity index (χ0v) is 11.5. The van der Waals surface area contributed by atoms with E-state index in [-0.39, 0.29) is 5.54 Å². The molecule has 0 aliphatic carbocycles. The molecule has 2 N–H and O–H groups in total. The van der Waals surface area contributed by atoms with E-state index in [2.05, 4.69) is 53.0 Å². The van der Waals surface area contributed by atoms with Gasteiger partial charge in [-0.25, -0.2) is 4.98 Å². The number of benzene rings is 1. The number of aromatic nitrogens is 2. The summed E-state index contributed by atoms with van der Waals surface area (Å²) >= 11 is 0. The topological polar surface area (TPSA) is 55.0 Å². The monoisotopic (exact) mass is 254 g/mol. The van der Waals surface area contributed by atoms with Crippen molar-refractivity contribution in [1.29, 1.82) is 0 Å². The molecule has 1 aromatic carbocycles. The van der Waals surface area contributed by atoms with E-state index in [1.54, 1.807) is 0 Å². The zero-order valence-electron chi connectivity index (χ0n) is 11.5. The quantitative estimate of drug-likeness (QED) is 0.850. The Morgan fingerprint density at radius 1 is 1.21 bits per heavy atom. The molecule has 3 rings (SSSR count). The minimum Gasteiger partial charge on any atom is -0.368 e. The lowest BCUT2D eigenvalue weighted by atomic mass is 9.99. The molecule has 4 heteroatoms. The van der Waals surface area contributed by atoms with Crippen LogP contribution in [-0.2, 0) is 6.42 Å². The molecule has 0 spiro atoms. The van der Waals surface area contributed by atoms with Crippen LogP contribution in [0.5, 0.6) is 0 Å². The molecule has 1 aliphatic rings. The third-order valence-electron chi connectivity index (χ3n) is 3.55. The van der Waals surface area contributed by atoms with Crippen LogP contribution in [0.25, 0.3) is 0 Å². The summed E-state index contributed by atoms with van der Waals surface area (Å²) in [4.78, 5) is 10.8. The van der Waals surface area contributed by atoms with E-state index in [0.717, 1.165) is 17.9 Å². The second-order valence-electron chi connectivity index (χ2n) is 5.68. The van der Waals surface area contributed by atoms with E-state index < -0.39 is 0 Å². The van der Waals surface area contributed by atoms with Gasteiger partial charge in [-0.3, -0.25) is 0 Å². The van der Waals surface area contributed by atoms with Crippen LogP contribution in [0.3, 0.4) is 0 Å². The lowest BCUT2D eigenvalue weighted by molar-refractivity contribution is 0.530. The maximum absolute atomic E-state index is 5.79. The molecular formula is C15H18N4. The number of rotatable bonds is 1. The molecule has 0 bridgehead atoms. The van der Waals surface area contributed by atoms with Crippen molar-refractivity contribution in [2.75, 3.05) is 10.6 Å². The first-order valence-corrected chi connectivity index (χ1v) is 6.47. The predicted molar refractivity (Wildman–Crippen MR) is 77.5 cm³/mol. The van der Waals surface area contributed by atoms with Crippen LogP contribution >= 0.6 is 0 Å². The molecule has 0 fully saturated rings. The summed E-state index contributed by atoms with van der Waals surface area (Å²) in [5.74, 6) is 1.20. The Bertz CT molecular complexity index is 614. The first-order chi connectivity index (χ1) is 8.97. The summed E-state index contributed by atoms with van der Waals surface area (Å²) < 4.78 is 0. The Hall–Kier alpha value is -2.10. The van der Waals surface area contributed by atoms with Crippen LogP contribution in [0.4, 0.5) is 17.5 Å². The van der Waals surface area contributed by atoms with Gasteiger partial charge in [0.25, 0.3) is 0 Å². The van der Waals surface area contributed by atoms with E-state index in [9.17, 15) is 0 Å². The van der Waals surface area contributed by atoms with E-state index in [1.165, 1.54) is 11.3 Å². The number of hydrogen-bond acceptors (Lipinski definition) is 4. The van der Waals surface area contributed by atoms with Crippen molar-refractivity contribution in [2.24, 2.45) is 0 Å². The molecule has 0 saturated carbocycles. The van der Waals surface area contributed by atoms with Gasteiger partial charge < -0.3 is 10.6 Å². The van der Waals surface area contributed by atoms with Crippen LogP contribution in [-0.4, -0.2) is 15.5 Å². The van der Waals surface area contributed by atoms with Crippen molar-refractivity contribution in [2.45, 2.75) is 32.7 Å². The van der Waals surface area contributed by atoms with Crippen molar-refractivity contribution < 1.29 is 0 Å². The molecule has 2 aromatic rings. The molecule has 2 heterocycles. The second kappa shape index (κ2) is 3.95. The number of nitrogen functional groups attached to an aromatic ring is 1. The Kier molecular flexibility index (Phi) is 2.49. The highest BCUT2D eigenvalue weighted by molar-refractivity contribution is 5.71. The molecule has 1 aromatic heterocycles. The third kappa shape index (κ3) is 1.93. The fourth-order valence-corrected chi connectivity index (χ4v) is 2.87. The summed E-state index contributed by atoms with van der Waals surface area (Å²) in [6.45, 7) is 6.39. The van der Waals surface area contributed by atoms with E-state index >= 15 is 0 Å². The molecule has 0 amide bonds. The number of nitrogens with two attached hydrogens (primary N) is 1. The average Bonchev–Trinajstić information content (AvgIpc) is 2.57. The highest BCUT2D eigenvalue weighted by atomic mass is 15.3. The predicted octanol–water partition coefficient (Wildman–Crippen LogP) is 2.84. The minimum atomic E-state index is -0.00306. The summed E-state index contributed by atoms with van der Waals surface area (Å²) in [7, 11) is 0.